The normalized spacial score (nSPS) is 17.1. The molecule has 498 valence electrons. The highest BCUT2D eigenvalue weighted by Gasteiger charge is 2.52. The number of pyridine rings is 2. The number of allylic oxidation sites excluding steroid dienone is 2. The van der Waals surface area contributed by atoms with Crippen molar-refractivity contribution in [1.29, 1.82) is 0 Å². The molecule has 0 N–H and O–H groups in total. The molecule has 0 atom stereocenters. The maximum absolute atomic E-state index is 12.8. The summed E-state index contributed by atoms with van der Waals surface area (Å²) < 4.78 is 63.0. The van der Waals surface area contributed by atoms with E-state index in [0.717, 1.165) is 82.1 Å². The number of ether oxygens (including phenoxy) is 4. The highest BCUT2D eigenvalue weighted by molar-refractivity contribution is 7.86. The van der Waals surface area contributed by atoms with Gasteiger partial charge in [-0.25, -0.2) is 9.59 Å². The first-order chi connectivity index (χ1) is 44.9. The van der Waals surface area contributed by atoms with Crippen LogP contribution >= 0.6 is 0 Å². The lowest BCUT2D eigenvalue weighted by Gasteiger charge is -2.43. The molecule has 4 aromatic carbocycles. The number of fused-ring (bicyclic) bond motifs is 2. The van der Waals surface area contributed by atoms with Gasteiger partial charge in [0.2, 0.25) is 0 Å². The van der Waals surface area contributed by atoms with Crippen LogP contribution in [0.5, 0.6) is 11.5 Å². The van der Waals surface area contributed by atoms with Gasteiger partial charge in [0.25, 0.3) is 11.8 Å². The number of carbonyl (C=O) groups is 4. The van der Waals surface area contributed by atoms with Crippen LogP contribution < -0.4 is 14.9 Å². The molecular weight excluding hydrogens is 1210 g/mol. The average Bonchev–Trinajstić information content (AvgIpc) is 0.984. The second-order valence-corrected chi connectivity index (χ2v) is 27.1. The Morgan fingerprint density at radius 1 is 0.564 bits per heavy atom. The first kappa shape index (κ1) is 69.8. The van der Waals surface area contributed by atoms with E-state index in [0.29, 0.717) is 88.1 Å². The molecule has 0 saturated carbocycles. The van der Waals surface area contributed by atoms with Gasteiger partial charge in [-0.3, -0.25) is 19.6 Å². The standard InChI is InChI=1S/C33H37N3O4.C24H27NO6S.C16H25BN2O3/c1-4-35(5-2)31(37)30-14-12-26(22-34-30)29-21-33(20-25-11-13-27(39-3)19-28(25)29)15-17-36(18-16-33)32(38)40-23-24-9-7-6-8-10-24;1-29-20-9-8-19-15-24(16-22(21(19)14-20)31-32(2,27)28)10-12-25(13-11-24)23(26)30-17-18-6-4-3-5-7-18;1-7-19(8-2)14(20)13-10-9-12(11-18-13)17-21-15(3,4)16(5,6)22-17/h6-14,19,21-22H,4-5,15-18,20,23H2,1-3H3;3-9,14,16H,10-13,15,17H2,1-2H3;9-11H,7-8H2,1-6H3. The van der Waals surface area contributed by atoms with E-state index in [2.05, 4.69) is 28.2 Å². The third-order valence-corrected chi connectivity index (χ3v) is 19.3. The number of likely N-dealkylation sites (tertiary alicyclic amines) is 2. The minimum Gasteiger partial charge on any atom is -0.497 e. The van der Waals surface area contributed by atoms with Gasteiger partial charge in [0.1, 0.15) is 41.9 Å². The van der Waals surface area contributed by atoms with Crippen molar-refractivity contribution in [1.82, 2.24) is 29.6 Å². The monoisotopic (exact) mass is 1300 g/mol. The van der Waals surface area contributed by atoms with Crippen molar-refractivity contribution in [3.05, 3.63) is 196 Å². The van der Waals surface area contributed by atoms with Crippen LogP contribution in [0.15, 0.2) is 146 Å². The quantitative estimate of drug-likeness (QED) is 0.0653. The minimum absolute atomic E-state index is 0.0505. The molecule has 4 amide bonds. The highest BCUT2D eigenvalue weighted by atomic mass is 32.2. The molecule has 0 bridgehead atoms. The van der Waals surface area contributed by atoms with E-state index in [9.17, 15) is 27.6 Å². The molecular formula is C73H89BN6O13S. The van der Waals surface area contributed by atoms with Gasteiger partial charge in [0.15, 0.2) is 0 Å². The number of rotatable bonds is 16. The predicted octanol–water partition coefficient (Wildman–Crippen LogP) is 11.8. The topological polar surface area (TPSA) is 206 Å². The van der Waals surface area contributed by atoms with Crippen molar-refractivity contribution in [3.63, 3.8) is 0 Å². The molecule has 19 nitrogen and oxygen atoms in total. The van der Waals surface area contributed by atoms with Crippen molar-refractivity contribution >= 4 is 58.0 Å². The second-order valence-electron chi connectivity index (χ2n) is 25.5. The largest absolute Gasteiger partial charge is 0.497 e. The lowest BCUT2D eigenvalue weighted by atomic mass is 9.67. The summed E-state index contributed by atoms with van der Waals surface area (Å²) in [6.07, 6.45) is 12.9. The number of aromatic nitrogens is 2. The first-order valence-corrected chi connectivity index (χ1v) is 34.2. The molecule has 21 heteroatoms. The van der Waals surface area contributed by atoms with Gasteiger partial charge in [0, 0.05) is 81.3 Å². The lowest BCUT2D eigenvalue weighted by Crippen LogP contribution is -2.44. The van der Waals surface area contributed by atoms with Crippen LogP contribution in [0, 0.1) is 10.8 Å². The summed E-state index contributed by atoms with van der Waals surface area (Å²) in [7, 11) is -0.895. The van der Waals surface area contributed by atoms with Crippen molar-refractivity contribution in [2.45, 2.75) is 118 Å². The second kappa shape index (κ2) is 30.3. The van der Waals surface area contributed by atoms with Crippen molar-refractivity contribution in [2.24, 2.45) is 10.8 Å². The Morgan fingerprint density at radius 3 is 1.41 bits per heavy atom. The number of piperidine rings is 2. The number of hydrogen-bond donors (Lipinski definition) is 0. The zero-order valence-electron chi connectivity index (χ0n) is 56.1. The fourth-order valence-electron chi connectivity index (χ4n) is 12.4. The number of amides is 4. The van der Waals surface area contributed by atoms with Crippen LogP contribution in [0.4, 0.5) is 9.59 Å². The maximum atomic E-state index is 12.8. The Balaban J connectivity index is 0.000000173. The van der Waals surface area contributed by atoms with Crippen LogP contribution in [-0.4, -0.2) is 153 Å². The van der Waals surface area contributed by atoms with E-state index in [4.69, 9.17) is 32.4 Å². The number of nitrogens with zero attached hydrogens (tertiary/aromatic N) is 6. The molecule has 2 spiro atoms. The van der Waals surface area contributed by atoms with E-state index in [1.807, 2.05) is 163 Å². The summed E-state index contributed by atoms with van der Waals surface area (Å²) in [6.45, 7) is 21.4. The number of hydrogen-bond acceptors (Lipinski definition) is 15. The summed E-state index contributed by atoms with van der Waals surface area (Å²) in [5, 5.41) is 0. The van der Waals surface area contributed by atoms with Gasteiger partial charge in [-0.05, 0) is 181 Å². The average molecular weight is 1300 g/mol. The van der Waals surface area contributed by atoms with E-state index >= 15 is 0 Å². The van der Waals surface area contributed by atoms with Crippen molar-refractivity contribution in [2.75, 3.05) is 72.8 Å². The molecule has 3 aliphatic heterocycles. The summed E-state index contributed by atoms with van der Waals surface area (Å²) in [4.78, 5) is 66.3. The number of benzene rings is 4. The highest BCUT2D eigenvalue weighted by Crippen LogP contribution is 2.48. The molecule has 5 heterocycles. The fourth-order valence-corrected chi connectivity index (χ4v) is 12.9. The van der Waals surface area contributed by atoms with Crippen molar-refractivity contribution < 1.29 is 60.0 Å². The molecule has 0 radical (unpaired) electrons. The van der Waals surface area contributed by atoms with Gasteiger partial charge in [0.05, 0.1) is 31.7 Å². The Bertz CT molecular complexity index is 3770. The van der Waals surface area contributed by atoms with Crippen LogP contribution in [0.3, 0.4) is 0 Å². The third-order valence-electron chi connectivity index (χ3n) is 18.8. The predicted molar refractivity (Wildman–Crippen MR) is 363 cm³/mol. The summed E-state index contributed by atoms with van der Waals surface area (Å²) in [5.74, 6) is 1.66. The van der Waals surface area contributed by atoms with Gasteiger partial charge in [-0.2, -0.15) is 8.42 Å². The summed E-state index contributed by atoms with van der Waals surface area (Å²) >= 11 is 0. The van der Waals surface area contributed by atoms with Crippen LogP contribution in [0.1, 0.15) is 141 Å². The van der Waals surface area contributed by atoms with Gasteiger partial charge in [-0.15, -0.1) is 0 Å². The molecule has 94 heavy (non-hydrogen) atoms. The smallest absolute Gasteiger partial charge is 0.496 e. The summed E-state index contributed by atoms with van der Waals surface area (Å²) in [6, 6.07) is 38.6. The van der Waals surface area contributed by atoms with Gasteiger partial charge in [-0.1, -0.05) is 91.0 Å². The zero-order chi connectivity index (χ0) is 67.4. The Morgan fingerprint density at radius 2 is 1.00 bits per heavy atom. The Hall–Kier alpha value is -8.53. The minimum atomic E-state index is -3.69. The molecule has 5 aliphatic rings. The van der Waals surface area contributed by atoms with E-state index in [1.165, 1.54) is 5.56 Å². The molecule has 0 unspecified atom stereocenters. The Labute approximate surface area is 554 Å². The van der Waals surface area contributed by atoms with Crippen LogP contribution in [0.25, 0.3) is 11.3 Å². The van der Waals surface area contributed by atoms with Gasteiger partial charge < -0.3 is 52.0 Å². The first-order valence-electron chi connectivity index (χ1n) is 32.4. The van der Waals surface area contributed by atoms with E-state index in [-0.39, 0.29) is 59.2 Å². The summed E-state index contributed by atoms with van der Waals surface area (Å²) in [5.41, 5.74) is 8.70. The molecule has 6 aromatic rings. The SMILES string of the molecule is CCN(CC)C(=O)c1ccc(B2OC(C)(C)C(C)(C)O2)cn1.CCN(CC)C(=O)c1ccc(C2=CC3(CCN(C(=O)OCc4ccccc4)CC3)Cc3ccc(OC)cc32)cn1.COc1ccc2c(c1)C(OS(C)(=O)=O)=CC1(CCN(C(=O)OCc3ccccc3)CC1)C2. The number of methoxy groups -OCH3 is 2. The Kier molecular flexibility index (Phi) is 22.5. The van der Waals surface area contributed by atoms with Crippen molar-refractivity contribution in [3.8, 4) is 11.5 Å². The molecule has 11 rings (SSSR count). The van der Waals surface area contributed by atoms with Gasteiger partial charge >= 0.3 is 29.4 Å². The molecule has 3 saturated heterocycles. The molecule has 2 aromatic heterocycles. The zero-order valence-corrected chi connectivity index (χ0v) is 57.0. The molecule has 3 fully saturated rings. The van der Waals surface area contributed by atoms with E-state index in [1.54, 1.807) is 53.4 Å². The fraction of sp³-hybridized carbons (Fsp3) is 0.425. The maximum Gasteiger partial charge on any atom is 0.496 e. The van der Waals surface area contributed by atoms with Crippen LogP contribution in [-0.2, 0) is 59.1 Å². The third kappa shape index (κ3) is 16.9. The molecule has 2 aliphatic carbocycles. The van der Waals surface area contributed by atoms with Crippen LogP contribution in [0.2, 0.25) is 0 Å². The van der Waals surface area contributed by atoms with E-state index < -0.39 is 17.2 Å². The number of carbonyl (C=O) groups excluding carboxylic acids is 4. The lowest BCUT2D eigenvalue weighted by molar-refractivity contribution is 0.00578.